The number of fused-ring (bicyclic) bond motifs is 4. The zero-order valence-corrected chi connectivity index (χ0v) is 19.7. The van der Waals surface area contributed by atoms with Gasteiger partial charge < -0.3 is 34.9 Å². The SMILES string of the molecule is COCc1cc(C)nc2sc3c(c12)N[C@@H](c1c(C(=O)O)[nH]c2cc(OC)c(OC)cc12)NC3=O. The number of H-pyrrole nitrogens is 1. The molecule has 0 bridgehead atoms. The van der Waals surface area contributed by atoms with Gasteiger partial charge in [-0.05, 0) is 24.6 Å². The minimum atomic E-state index is -1.15. The highest BCUT2D eigenvalue weighted by Gasteiger charge is 2.34. The van der Waals surface area contributed by atoms with Crippen LogP contribution in [0.15, 0.2) is 18.2 Å². The zero-order chi connectivity index (χ0) is 24.1. The number of carbonyl (C=O) groups excluding carboxylic acids is 1. The van der Waals surface area contributed by atoms with Gasteiger partial charge in [0.2, 0.25) is 0 Å². The van der Waals surface area contributed by atoms with Crippen molar-refractivity contribution in [2.75, 3.05) is 26.6 Å². The number of aromatic nitrogens is 2. The molecule has 4 heterocycles. The van der Waals surface area contributed by atoms with Gasteiger partial charge in [-0.1, -0.05) is 0 Å². The lowest BCUT2D eigenvalue weighted by molar-refractivity contribution is 0.0688. The van der Waals surface area contributed by atoms with Crippen molar-refractivity contribution in [3.63, 3.8) is 0 Å². The fourth-order valence-electron chi connectivity index (χ4n) is 4.41. The summed E-state index contributed by atoms with van der Waals surface area (Å²) in [5, 5.41) is 17.6. The van der Waals surface area contributed by atoms with Crippen molar-refractivity contribution in [1.29, 1.82) is 0 Å². The molecule has 176 valence electrons. The van der Waals surface area contributed by atoms with Crippen molar-refractivity contribution in [2.24, 2.45) is 0 Å². The van der Waals surface area contributed by atoms with E-state index in [9.17, 15) is 14.7 Å². The smallest absolute Gasteiger partial charge is 0.352 e. The Kier molecular flexibility index (Phi) is 5.29. The Bertz CT molecular complexity index is 1470. The second-order valence-electron chi connectivity index (χ2n) is 7.86. The molecule has 1 atom stereocenters. The number of rotatable bonds is 6. The molecule has 34 heavy (non-hydrogen) atoms. The van der Waals surface area contributed by atoms with Crippen molar-refractivity contribution in [2.45, 2.75) is 19.7 Å². The van der Waals surface area contributed by atoms with E-state index in [2.05, 4.69) is 20.6 Å². The molecule has 0 aliphatic carbocycles. The van der Waals surface area contributed by atoms with Crippen molar-refractivity contribution >= 4 is 50.0 Å². The summed E-state index contributed by atoms with van der Waals surface area (Å²) >= 11 is 1.28. The lowest BCUT2D eigenvalue weighted by Gasteiger charge is -2.27. The average molecular weight is 483 g/mol. The molecule has 0 fully saturated rings. The Morgan fingerprint density at radius 3 is 2.56 bits per heavy atom. The number of methoxy groups -OCH3 is 3. The van der Waals surface area contributed by atoms with E-state index in [1.54, 1.807) is 19.2 Å². The number of pyridine rings is 1. The summed E-state index contributed by atoms with van der Waals surface area (Å²) in [6.07, 6.45) is -0.813. The number of aryl methyl sites for hydroxylation is 1. The van der Waals surface area contributed by atoms with Crippen LogP contribution in [0.25, 0.3) is 21.1 Å². The quantitative estimate of drug-likeness (QED) is 0.326. The number of benzene rings is 1. The molecular weight excluding hydrogens is 460 g/mol. The van der Waals surface area contributed by atoms with Crippen molar-refractivity contribution in [3.8, 4) is 11.5 Å². The first-order chi connectivity index (χ1) is 16.4. The number of nitrogens with zero attached hydrogens (tertiary/aromatic N) is 1. The Morgan fingerprint density at radius 1 is 1.15 bits per heavy atom. The predicted octanol–water partition coefficient (Wildman–Crippen LogP) is 3.80. The van der Waals surface area contributed by atoms with Crippen LogP contribution in [0.5, 0.6) is 11.5 Å². The van der Waals surface area contributed by atoms with Crippen LogP contribution in [0.1, 0.15) is 43.1 Å². The number of amides is 1. The van der Waals surface area contributed by atoms with Crippen molar-refractivity contribution in [3.05, 3.63) is 45.6 Å². The number of hydrogen-bond donors (Lipinski definition) is 4. The Labute approximate surface area is 197 Å². The van der Waals surface area contributed by atoms with Gasteiger partial charge in [0.05, 0.1) is 32.0 Å². The van der Waals surface area contributed by atoms with E-state index in [0.717, 1.165) is 16.6 Å². The van der Waals surface area contributed by atoms with Crippen LogP contribution in [-0.4, -0.2) is 48.3 Å². The van der Waals surface area contributed by atoms with E-state index in [0.29, 0.717) is 50.0 Å². The number of ether oxygens (including phenoxy) is 3. The topological polar surface area (TPSA) is 135 Å². The lowest BCUT2D eigenvalue weighted by atomic mass is 10.0. The molecule has 0 unspecified atom stereocenters. The summed E-state index contributed by atoms with van der Waals surface area (Å²) in [7, 11) is 4.62. The fourth-order valence-corrected chi connectivity index (χ4v) is 5.54. The summed E-state index contributed by atoms with van der Waals surface area (Å²) < 4.78 is 16.1. The van der Waals surface area contributed by atoms with Crippen molar-refractivity contribution in [1.82, 2.24) is 15.3 Å². The largest absolute Gasteiger partial charge is 0.493 e. The molecule has 1 aliphatic rings. The minimum Gasteiger partial charge on any atom is -0.493 e. The number of hydrogen-bond acceptors (Lipinski definition) is 8. The maximum absolute atomic E-state index is 13.2. The van der Waals surface area contributed by atoms with Crippen molar-refractivity contribution < 1.29 is 28.9 Å². The first kappa shape index (κ1) is 22.0. The van der Waals surface area contributed by atoms with E-state index in [-0.39, 0.29) is 11.6 Å². The highest BCUT2D eigenvalue weighted by Crippen LogP contribution is 2.43. The third-order valence-corrected chi connectivity index (χ3v) is 6.87. The van der Waals surface area contributed by atoms with Gasteiger partial charge in [-0.3, -0.25) is 4.79 Å². The van der Waals surface area contributed by atoms with E-state index in [1.165, 1.54) is 25.6 Å². The molecule has 0 saturated carbocycles. The third kappa shape index (κ3) is 3.32. The van der Waals surface area contributed by atoms with Gasteiger partial charge in [-0.2, -0.15) is 0 Å². The van der Waals surface area contributed by atoms with Gasteiger partial charge in [0.15, 0.2) is 11.5 Å². The Morgan fingerprint density at radius 2 is 1.88 bits per heavy atom. The number of carboxylic acid groups (broad SMARTS) is 1. The summed E-state index contributed by atoms with van der Waals surface area (Å²) in [4.78, 5) is 34.0. The molecular formula is C23H22N4O6S. The average Bonchev–Trinajstić information content (AvgIpc) is 3.36. The van der Waals surface area contributed by atoms with E-state index in [4.69, 9.17) is 14.2 Å². The minimum absolute atomic E-state index is 0.0443. The molecule has 0 radical (unpaired) electrons. The fraction of sp³-hybridized carbons (Fsp3) is 0.261. The molecule has 1 aliphatic heterocycles. The number of aromatic carboxylic acids is 1. The van der Waals surface area contributed by atoms with Gasteiger partial charge in [0.25, 0.3) is 5.91 Å². The first-order valence-corrected chi connectivity index (χ1v) is 11.2. The number of nitrogens with one attached hydrogen (secondary N) is 3. The Hall–Kier alpha value is -3.83. The summed E-state index contributed by atoms with van der Waals surface area (Å²) in [5.74, 6) is -0.567. The van der Waals surface area contributed by atoms with E-state index < -0.39 is 12.1 Å². The maximum Gasteiger partial charge on any atom is 0.352 e. The van der Waals surface area contributed by atoms with Gasteiger partial charge in [0.1, 0.15) is 21.6 Å². The molecule has 5 rings (SSSR count). The number of thiophene rings is 1. The van der Waals surface area contributed by atoms with E-state index >= 15 is 0 Å². The van der Waals surface area contributed by atoms with Crippen LogP contribution >= 0.6 is 11.3 Å². The van der Waals surface area contributed by atoms with Gasteiger partial charge in [0, 0.05) is 35.2 Å². The molecule has 0 spiro atoms. The molecule has 1 amide bonds. The Balaban J connectivity index is 1.71. The number of anilines is 1. The van der Waals surface area contributed by atoms with Crippen LogP contribution in [0.4, 0.5) is 5.69 Å². The van der Waals surface area contributed by atoms with Crippen LogP contribution in [0, 0.1) is 6.92 Å². The molecule has 4 N–H and O–H groups in total. The predicted molar refractivity (Wildman–Crippen MR) is 127 cm³/mol. The molecule has 3 aromatic heterocycles. The van der Waals surface area contributed by atoms with Crippen LogP contribution < -0.4 is 20.1 Å². The second kappa shape index (κ2) is 8.19. The molecule has 1 aromatic carbocycles. The zero-order valence-electron chi connectivity index (χ0n) is 18.9. The van der Waals surface area contributed by atoms with Gasteiger partial charge >= 0.3 is 5.97 Å². The first-order valence-electron chi connectivity index (χ1n) is 10.4. The maximum atomic E-state index is 13.2. The second-order valence-corrected chi connectivity index (χ2v) is 8.86. The van der Waals surface area contributed by atoms with Crippen LogP contribution in [0.3, 0.4) is 0 Å². The monoisotopic (exact) mass is 482 g/mol. The van der Waals surface area contributed by atoms with Crippen LogP contribution in [0.2, 0.25) is 0 Å². The molecule has 0 saturated heterocycles. The normalized spacial score (nSPS) is 15.2. The van der Waals surface area contributed by atoms with Gasteiger partial charge in [-0.25, -0.2) is 9.78 Å². The van der Waals surface area contributed by atoms with Gasteiger partial charge in [-0.15, -0.1) is 11.3 Å². The molecule has 10 nitrogen and oxygen atoms in total. The summed E-state index contributed by atoms with van der Waals surface area (Å²) in [6.45, 7) is 2.24. The summed E-state index contributed by atoms with van der Waals surface area (Å²) in [5.41, 5.74) is 3.21. The van der Waals surface area contributed by atoms with E-state index in [1.807, 2.05) is 13.0 Å². The number of carboxylic acids is 1. The third-order valence-electron chi connectivity index (χ3n) is 5.79. The number of aromatic amines is 1. The van der Waals surface area contributed by atoms with Crippen LogP contribution in [-0.2, 0) is 11.3 Å². The highest BCUT2D eigenvalue weighted by atomic mass is 32.1. The standard InChI is InChI=1S/C23H22N4O6S/c1-9-5-10(8-31-2)15-17-19(34-22(15)24-9)21(28)27-20(26-17)16-11-6-13(32-3)14(33-4)7-12(11)25-18(16)23(29)30/h5-7,20,25-26H,8H2,1-4H3,(H,27,28)(H,29,30)/t20-/m1/s1. The molecule has 11 heteroatoms. The lowest BCUT2D eigenvalue weighted by Crippen LogP contribution is -2.38. The summed E-state index contributed by atoms with van der Waals surface area (Å²) in [6, 6.07) is 5.29. The highest BCUT2D eigenvalue weighted by molar-refractivity contribution is 7.21. The number of carbonyl (C=O) groups is 2. The molecule has 4 aromatic rings.